The molecule has 1 aromatic rings. The van der Waals surface area contributed by atoms with E-state index in [9.17, 15) is 4.79 Å². The largest absolute Gasteiger partial charge is 0.289 e. The van der Waals surface area contributed by atoms with Gasteiger partial charge in [-0.15, -0.1) is 0 Å². The molecule has 1 aromatic carbocycles. The van der Waals surface area contributed by atoms with Crippen molar-refractivity contribution in [3.05, 3.63) is 59.7 Å². The van der Waals surface area contributed by atoms with Crippen molar-refractivity contribution in [1.82, 2.24) is 0 Å². The molecule has 1 heteroatoms. The van der Waals surface area contributed by atoms with Crippen LogP contribution in [0.4, 0.5) is 0 Å². The highest BCUT2D eigenvalue weighted by atomic mass is 16.1. The van der Waals surface area contributed by atoms with Crippen molar-refractivity contribution in [2.75, 3.05) is 0 Å². The third-order valence-corrected chi connectivity index (χ3v) is 4.49. The molecule has 0 bridgehead atoms. The van der Waals surface area contributed by atoms with Crippen LogP contribution in [0, 0.1) is 11.3 Å². The SMILES string of the molecule is CCCCC1(CC(C)C)C=CC(C(=O)c2ccccc2)=CC1. The maximum atomic E-state index is 12.5. The summed E-state index contributed by atoms with van der Waals surface area (Å²) in [5.74, 6) is 0.826. The molecule has 0 aromatic heterocycles. The Bertz CT molecular complexity index is 551. The van der Waals surface area contributed by atoms with Crippen LogP contribution < -0.4 is 0 Å². The number of rotatable bonds is 7. The fourth-order valence-electron chi connectivity index (χ4n) is 3.42. The lowest BCUT2D eigenvalue weighted by Crippen LogP contribution is -2.23. The second-order valence-electron chi connectivity index (χ2n) is 6.96. The smallest absolute Gasteiger partial charge is 0.192 e. The topological polar surface area (TPSA) is 17.1 Å². The van der Waals surface area contributed by atoms with E-state index in [1.54, 1.807) is 0 Å². The number of carbonyl (C=O) groups excluding carboxylic acids is 1. The zero-order valence-electron chi connectivity index (χ0n) is 14.1. The summed E-state index contributed by atoms with van der Waals surface area (Å²) in [7, 11) is 0. The van der Waals surface area contributed by atoms with Gasteiger partial charge in [-0.3, -0.25) is 4.79 Å². The van der Waals surface area contributed by atoms with Crippen LogP contribution >= 0.6 is 0 Å². The van der Waals surface area contributed by atoms with Gasteiger partial charge in [-0.05, 0) is 30.6 Å². The molecule has 1 nitrogen and oxygen atoms in total. The number of hydrogen-bond donors (Lipinski definition) is 0. The Kier molecular flexibility index (Phi) is 5.76. The second kappa shape index (κ2) is 7.58. The normalized spacial score (nSPS) is 21.0. The Balaban J connectivity index is 2.12. The summed E-state index contributed by atoms with van der Waals surface area (Å²) in [6, 6.07) is 9.57. The second-order valence-corrected chi connectivity index (χ2v) is 6.96. The predicted octanol–water partition coefficient (Wildman–Crippen LogP) is 5.98. The van der Waals surface area contributed by atoms with Gasteiger partial charge in [0, 0.05) is 11.1 Å². The standard InChI is InChI=1S/C21H28O/c1-4-5-13-21(16-17(2)3)14-11-19(12-15-21)20(22)18-9-7-6-8-10-18/h6-12,14,17H,4-5,13,15-16H2,1-3H3. The van der Waals surface area contributed by atoms with E-state index in [4.69, 9.17) is 0 Å². The molecule has 1 aliphatic carbocycles. The third kappa shape index (κ3) is 4.19. The average Bonchev–Trinajstić information content (AvgIpc) is 2.53. The molecule has 0 N–H and O–H groups in total. The van der Waals surface area contributed by atoms with Gasteiger partial charge in [0.1, 0.15) is 0 Å². The number of allylic oxidation sites excluding steroid dienone is 4. The summed E-state index contributed by atoms with van der Waals surface area (Å²) in [6.45, 7) is 6.82. The summed E-state index contributed by atoms with van der Waals surface area (Å²) in [5, 5.41) is 0. The Hall–Kier alpha value is -1.63. The molecule has 1 unspecified atom stereocenters. The van der Waals surface area contributed by atoms with E-state index in [-0.39, 0.29) is 11.2 Å². The summed E-state index contributed by atoms with van der Waals surface area (Å²) in [6.07, 6.45) is 12.5. The quantitative estimate of drug-likeness (QED) is 0.566. The molecule has 0 fully saturated rings. The molecule has 1 atom stereocenters. The summed E-state index contributed by atoms with van der Waals surface area (Å²) in [4.78, 5) is 12.5. The molecule has 0 spiro atoms. The van der Waals surface area contributed by atoms with E-state index >= 15 is 0 Å². The van der Waals surface area contributed by atoms with Gasteiger partial charge in [0.25, 0.3) is 0 Å². The molecular weight excluding hydrogens is 268 g/mol. The minimum Gasteiger partial charge on any atom is -0.289 e. The highest BCUT2D eigenvalue weighted by Gasteiger charge is 2.29. The van der Waals surface area contributed by atoms with E-state index in [1.165, 1.54) is 25.7 Å². The molecule has 22 heavy (non-hydrogen) atoms. The van der Waals surface area contributed by atoms with Crippen molar-refractivity contribution in [2.45, 2.75) is 52.9 Å². The minimum atomic E-state index is 0.144. The number of hydrogen-bond acceptors (Lipinski definition) is 1. The first-order valence-electron chi connectivity index (χ1n) is 8.55. The van der Waals surface area contributed by atoms with Crippen LogP contribution in [0.25, 0.3) is 0 Å². The Labute approximate surface area is 135 Å². The molecule has 0 aliphatic heterocycles. The summed E-state index contributed by atoms with van der Waals surface area (Å²) < 4.78 is 0. The molecule has 2 rings (SSSR count). The van der Waals surface area contributed by atoms with E-state index in [0.29, 0.717) is 5.92 Å². The number of benzene rings is 1. The average molecular weight is 296 g/mol. The highest BCUT2D eigenvalue weighted by Crippen LogP contribution is 2.41. The van der Waals surface area contributed by atoms with Crippen molar-refractivity contribution in [2.24, 2.45) is 11.3 Å². The van der Waals surface area contributed by atoms with Crippen LogP contribution in [-0.2, 0) is 0 Å². The van der Waals surface area contributed by atoms with Gasteiger partial charge in [-0.1, -0.05) is 82.2 Å². The Morgan fingerprint density at radius 2 is 1.95 bits per heavy atom. The first kappa shape index (κ1) is 16.7. The van der Waals surface area contributed by atoms with Gasteiger partial charge in [-0.25, -0.2) is 0 Å². The maximum absolute atomic E-state index is 12.5. The zero-order valence-corrected chi connectivity index (χ0v) is 14.1. The third-order valence-electron chi connectivity index (χ3n) is 4.49. The maximum Gasteiger partial charge on any atom is 0.192 e. The van der Waals surface area contributed by atoms with Crippen LogP contribution in [0.15, 0.2) is 54.1 Å². The molecule has 0 radical (unpaired) electrons. The van der Waals surface area contributed by atoms with Crippen LogP contribution in [-0.4, -0.2) is 5.78 Å². The van der Waals surface area contributed by atoms with E-state index < -0.39 is 0 Å². The lowest BCUT2D eigenvalue weighted by molar-refractivity contribution is 0.103. The van der Waals surface area contributed by atoms with Crippen LogP contribution in [0.5, 0.6) is 0 Å². The van der Waals surface area contributed by atoms with Gasteiger partial charge in [-0.2, -0.15) is 0 Å². The lowest BCUT2D eigenvalue weighted by Gasteiger charge is -2.34. The van der Waals surface area contributed by atoms with Crippen molar-refractivity contribution in [3.8, 4) is 0 Å². The molecule has 1 aliphatic rings. The fraction of sp³-hybridized carbons (Fsp3) is 0.476. The zero-order chi connectivity index (χ0) is 16.0. The summed E-state index contributed by atoms with van der Waals surface area (Å²) >= 11 is 0. The molecule has 0 heterocycles. The van der Waals surface area contributed by atoms with Crippen LogP contribution in [0.3, 0.4) is 0 Å². The number of carbonyl (C=O) groups is 1. The highest BCUT2D eigenvalue weighted by molar-refractivity contribution is 6.10. The van der Waals surface area contributed by atoms with Gasteiger partial charge < -0.3 is 0 Å². The lowest BCUT2D eigenvalue weighted by atomic mass is 9.71. The van der Waals surface area contributed by atoms with E-state index in [1.807, 2.05) is 30.3 Å². The molecule has 0 saturated heterocycles. The van der Waals surface area contributed by atoms with Gasteiger partial charge in [0.2, 0.25) is 0 Å². The minimum absolute atomic E-state index is 0.144. The first-order valence-corrected chi connectivity index (χ1v) is 8.55. The van der Waals surface area contributed by atoms with Crippen molar-refractivity contribution >= 4 is 5.78 Å². The van der Waals surface area contributed by atoms with E-state index in [0.717, 1.165) is 17.6 Å². The number of unbranched alkanes of at least 4 members (excludes halogenated alkanes) is 1. The first-order chi connectivity index (χ1) is 10.6. The fourth-order valence-corrected chi connectivity index (χ4v) is 3.42. The number of ketones is 1. The Morgan fingerprint density at radius 3 is 2.50 bits per heavy atom. The van der Waals surface area contributed by atoms with Gasteiger partial charge in [0.05, 0.1) is 0 Å². The van der Waals surface area contributed by atoms with Crippen molar-refractivity contribution in [1.29, 1.82) is 0 Å². The molecular formula is C21H28O. The Morgan fingerprint density at radius 1 is 1.23 bits per heavy atom. The van der Waals surface area contributed by atoms with Gasteiger partial charge >= 0.3 is 0 Å². The monoisotopic (exact) mass is 296 g/mol. The van der Waals surface area contributed by atoms with Gasteiger partial charge in [0.15, 0.2) is 5.78 Å². The molecule has 0 amide bonds. The van der Waals surface area contributed by atoms with E-state index in [2.05, 4.69) is 39.0 Å². The molecule has 118 valence electrons. The van der Waals surface area contributed by atoms with Crippen molar-refractivity contribution < 1.29 is 4.79 Å². The number of Topliss-reactive ketones (excluding diaryl/α,β-unsaturated/α-hetero) is 1. The predicted molar refractivity (Wildman–Crippen MR) is 94.0 cm³/mol. The van der Waals surface area contributed by atoms with Crippen LogP contribution in [0.1, 0.15) is 63.2 Å². The summed E-state index contributed by atoms with van der Waals surface area (Å²) in [5.41, 5.74) is 1.88. The van der Waals surface area contributed by atoms with Crippen molar-refractivity contribution in [3.63, 3.8) is 0 Å². The molecule has 0 saturated carbocycles. The van der Waals surface area contributed by atoms with Crippen LogP contribution in [0.2, 0.25) is 0 Å².